The Morgan fingerprint density at radius 2 is 1.84 bits per heavy atom. The molecule has 3 rings (SSSR count). The van der Waals surface area contributed by atoms with Gasteiger partial charge in [-0.25, -0.2) is 4.39 Å². The fourth-order valence-corrected chi connectivity index (χ4v) is 2.80. The van der Waals surface area contributed by atoms with Gasteiger partial charge in [-0.2, -0.15) is 0 Å². The summed E-state index contributed by atoms with van der Waals surface area (Å²) in [6.45, 7) is 2.70. The molecular weight excluding hydrogens is 239 g/mol. The van der Waals surface area contributed by atoms with Crippen LogP contribution in [0.2, 0.25) is 0 Å². The molecule has 0 fully saturated rings. The maximum absolute atomic E-state index is 14.0. The van der Waals surface area contributed by atoms with Gasteiger partial charge in [-0.3, -0.25) is 0 Å². The van der Waals surface area contributed by atoms with E-state index in [0.717, 1.165) is 24.3 Å². The molecule has 0 aliphatic carbocycles. The highest BCUT2D eigenvalue weighted by Gasteiger charge is 2.24. The van der Waals surface area contributed by atoms with Crippen LogP contribution in [-0.2, 0) is 6.42 Å². The monoisotopic (exact) mass is 256 g/mol. The zero-order valence-electron chi connectivity index (χ0n) is 10.9. The highest BCUT2D eigenvalue weighted by Crippen LogP contribution is 2.38. The summed E-state index contributed by atoms with van der Waals surface area (Å²) in [5.74, 6) is -0.225. The molecule has 0 saturated heterocycles. The fraction of sp³-hybridized carbons (Fsp3) is 0.250. The first-order chi connectivity index (χ1) is 9.18. The second-order valence-corrected chi connectivity index (χ2v) is 4.99. The molecule has 1 atom stereocenters. The summed E-state index contributed by atoms with van der Waals surface area (Å²) < 4.78 is 14.0. The van der Waals surface area contributed by atoms with Crippen LogP contribution < -0.4 is 10.6 Å². The Balaban J connectivity index is 2.12. The van der Waals surface area contributed by atoms with Gasteiger partial charge in [-0.1, -0.05) is 24.3 Å². The predicted molar refractivity (Wildman–Crippen MR) is 76.2 cm³/mol. The van der Waals surface area contributed by atoms with Crippen molar-refractivity contribution < 1.29 is 4.39 Å². The quantitative estimate of drug-likeness (QED) is 0.890. The van der Waals surface area contributed by atoms with Crippen LogP contribution in [-0.4, -0.2) is 6.54 Å². The van der Waals surface area contributed by atoms with Gasteiger partial charge in [0.05, 0.1) is 0 Å². The molecule has 0 unspecified atom stereocenters. The second-order valence-electron chi connectivity index (χ2n) is 4.99. The van der Waals surface area contributed by atoms with Crippen LogP contribution in [0.4, 0.5) is 15.8 Å². The van der Waals surface area contributed by atoms with Crippen molar-refractivity contribution in [3.05, 3.63) is 59.4 Å². The zero-order valence-corrected chi connectivity index (χ0v) is 10.9. The highest BCUT2D eigenvalue weighted by molar-refractivity contribution is 5.72. The molecule has 0 amide bonds. The fourth-order valence-electron chi connectivity index (χ4n) is 2.80. The van der Waals surface area contributed by atoms with Gasteiger partial charge in [0.25, 0.3) is 0 Å². The average Bonchev–Trinajstić information content (AvgIpc) is 2.81. The van der Waals surface area contributed by atoms with Crippen molar-refractivity contribution in [2.24, 2.45) is 5.73 Å². The van der Waals surface area contributed by atoms with Crippen LogP contribution in [0.1, 0.15) is 24.1 Å². The lowest BCUT2D eigenvalue weighted by molar-refractivity contribution is 0.593. The average molecular weight is 256 g/mol. The SMILES string of the molecule is C[C@H](N)c1c(F)cccc1N1CCc2ccccc21. The third kappa shape index (κ3) is 2.00. The smallest absolute Gasteiger partial charge is 0.130 e. The van der Waals surface area contributed by atoms with Gasteiger partial charge < -0.3 is 10.6 Å². The van der Waals surface area contributed by atoms with Gasteiger partial charge >= 0.3 is 0 Å². The van der Waals surface area contributed by atoms with E-state index in [0.29, 0.717) is 5.56 Å². The van der Waals surface area contributed by atoms with E-state index in [1.165, 1.54) is 11.6 Å². The van der Waals surface area contributed by atoms with Crippen LogP contribution in [0.15, 0.2) is 42.5 Å². The first kappa shape index (κ1) is 12.2. The summed E-state index contributed by atoms with van der Waals surface area (Å²) in [6, 6.07) is 13.1. The Morgan fingerprint density at radius 3 is 2.63 bits per heavy atom. The molecule has 0 saturated carbocycles. The van der Waals surface area contributed by atoms with E-state index in [-0.39, 0.29) is 11.9 Å². The van der Waals surface area contributed by atoms with E-state index >= 15 is 0 Å². The molecule has 0 aromatic heterocycles. The lowest BCUT2D eigenvalue weighted by atomic mass is 10.0. The van der Waals surface area contributed by atoms with Crippen LogP contribution in [0, 0.1) is 5.82 Å². The molecule has 0 spiro atoms. The molecule has 2 N–H and O–H groups in total. The Kier molecular flexibility index (Phi) is 2.99. The van der Waals surface area contributed by atoms with Crippen molar-refractivity contribution in [1.29, 1.82) is 0 Å². The van der Waals surface area contributed by atoms with Crippen LogP contribution in [0.3, 0.4) is 0 Å². The van der Waals surface area contributed by atoms with E-state index < -0.39 is 0 Å². The predicted octanol–water partition coefficient (Wildman–Crippen LogP) is 3.54. The Bertz CT molecular complexity index is 607. The number of hydrogen-bond acceptors (Lipinski definition) is 2. The molecule has 0 radical (unpaired) electrons. The first-order valence-corrected chi connectivity index (χ1v) is 6.58. The number of rotatable bonds is 2. The number of para-hydroxylation sites is 1. The van der Waals surface area contributed by atoms with E-state index in [4.69, 9.17) is 5.73 Å². The minimum Gasteiger partial charge on any atom is -0.341 e. The van der Waals surface area contributed by atoms with Gasteiger partial charge in [0.15, 0.2) is 0 Å². The standard InChI is InChI=1S/C16H17FN2/c1-11(18)16-13(17)6-4-8-15(16)19-10-9-12-5-2-3-7-14(12)19/h2-8,11H,9-10,18H2,1H3/t11-/m0/s1. The summed E-state index contributed by atoms with van der Waals surface area (Å²) >= 11 is 0. The van der Waals surface area contributed by atoms with E-state index in [9.17, 15) is 4.39 Å². The van der Waals surface area contributed by atoms with Crippen molar-refractivity contribution in [1.82, 2.24) is 0 Å². The lowest BCUT2D eigenvalue weighted by Crippen LogP contribution is -2.19. The molecule has 0 bridgehead atoms. The number of anilines is 2. The first-order valence-electron chi connectivity index (χ1n) is 6.58. The third-order valence-electron chi connectivity index (χ3n) is 3.66. The minimum absolute atomic E-state index is 0.225. The summed E-state index contributed by atoms with van der Waals surface area (Å²) in [7, 11) is 0. The molecule has 98 valence electrons. The topological polar surface area (TPSA) is 29.3 Å². The lowest BCUT2D eigenvalue weighted by Gasteiger charge is -2.24. The Labute approximate surface area is 112 Å². The number of nitrogens with two attached hydrogens (primary N) is 1. The van der Waals surface area contributed by atoms with Gasteiger partial charge in [-0.15, -0.1) is 0 Å². The maximum atomic E-state index is 14.0. The summed E-state index contributed by atoms with van der Waals surface area (Å²) in [4.78, 5) is 2.16. The minimum atomic E-state index is -0.316. The summed E-state index contributed by atoms with van der Waals surface area (Å²) in [5.41, 5.74) is 9.89. The normalized spacial score (nSPS) is 15.4. The Morgan fingerprint density at radius 1 is 1.11 bits per heavy atom. The molecule has 1 aliphatic heterocycles. The molecule has 3 heteroatoms. The van der Waals surface area contributed by atoms with Crippen LogP contribution >= 0.6 is 0 Å². The summed E-state index contributed by atoms with van der Waals surface area (Å²) in [5, 5.41) is 0. The highest BCUT2D eigenvalue weighted by atomic mass is 19.1. The van der Waals surface area contributed by atoms with E-state index in [1.807, 2.05) is 25.1 Å². The van der Waals surface area contributed by atoms with E-state index in [2.05, 4.69) is 17.0 Å². The largest absolute Gasteiger partial charge is 0.341 e. The second kappa shape index (κ2) is 4.67. The Hall–Kier alpha value is -1.87. The molecule has 1 aliphatic rings. The number of halogens is 1. The van der Waals surface area contributed by atoms with Crippen LogP contribution in [0.5, 0.6) is 0 Å². The van der Waals surface area contributed by atoms with Gasteiger partial charge in [0.2, 0.25) is 0 Å². The molecule has 2 aromatic rings. The van der Waals surface area contributed by atoms with Crippen molar-refractivity contribution in [2.75, 3.05) is 11.4 Å². The number of hydrogen-bond donors (Lipinski definition) is 1. The number of fused-ring (bicyclic) bond motifs is 1. The van der Waals surface area contributed by atoms with Crippen LogP contribution in [0.25, 0.3) is 0 Å². The number of benzene rings is 2. The van der Waals surface area contributed by atoms with E-state index in [1.54, 1.807) is 6.07 Å². The third-order valence-corrected chi connectivity index (χ3v) is 3.66. The molecule has 2 aromatic carbocycles. The molecular formula is C16H17FN2. The zero-order chi connectivity index (χ0) is 13.4. The maximum Gasteiger partial charge on any atom is 0.130 e. The summed E-state index contributed by atoms with van der Waals surface area (Å²) in [6.07, 6.45) is 0.991. The molecule has 19 heavy (non-hydrogen) atoms. The number of nitrogens with zero attached hydrogens (tertiary/aromatic N) is 1. The van der Waals surface area contributed by atoms with Crippen molar-refractivity contribution in [3.8, 4) is 0 Å². The van der Waals surface area contributed by atoms with Crippen molar-refractivity contribution in [3.63, 3.8) is 0 Å². The van der Waals surface area contributed by atoms with Crippen molar-refractivity contribution >= 4 is 11.4 Å². The molecule has 2 nitrogen and oxygen atoms in total. The van der Waals surface area contributed by atoms with Crippen molar-refractivity contribution in [2.45, 2.75) is 19.4 Å². The van der Waals surface area contributed by atoms with Gasteiger partial charge in [0.1, 0.15) is 5.82 Å². The molecule has 1 heterocycles. The van der Waals surface area contributed by atoms with Gasteiger partial charge in [-0.05, 0) is 37.1 Å². The van der Waals surface area contributed by atoms with Gasteiger partial charge in [0, 0.05) is 29.5 Å².